The summed E-state index contributed by atoms with van der Waals surface area (Å²) >= 11 is 1.28. The van der Waals surface area contributed by atoms with Gasteiger partial charge in [-0.05, 0) is 30.0 Å². The molecule has 1 heterocycles. The maximum atomic E-state index is 12.4. The lowest BCUT2D eigenvalue weighted by Crippen LogP contribution is -2.30. The lowest BCUT2D eigenvalue weighted by atomic mass is 9.97. The van der Waals surface area contributed by atoms with E-state index in [-0.39, 0.29) is 22.6 Å². The van der Waals surface area contributed by atoms with Gasteiger partial charge in [0.15, 0.2) is 0 Å². The molecule has 2 aromatic rings. The van der Waals surface area contributed by atoms with E-state index in [1.54, 1.807) is 6.07 Å². The van der Waals surface area contributed by atoms with Crippen molar-refractivity contribution in [1.29, 1.82) is 0 Å². The van der Waals surface area contributed by atoms with E-state index in [4.69, 9.17) is 0 Å². The normalized spacial score (nSPS) is 12.9. The van der Waals surface area contributed by atoms with Gasteiger partial charge in [-0.3, -0.25) is 4.79 Å². The van der Waals surface area contributed by atoms with Gasteiger partial charge in [-0.1, -0.05) is 55.9 Å². The summed E-state index contributed by atoms with van der Waals surface area (Å²) < 4.78 is 25.3. The number of benzene rings is 1. The van der Waals surface area contributed by atoms with Crippen molar-refractivity contribution in [3.05, 3.63) is 54.2 Å². The van der Waals surface area contributed by atoms with E-state index in [1.807, 2.05) is 30.3 Å². The number of pyridine rings is 1. The zero-order valence-corrected chi connectivity index (χ0v) is 18.3. The quantitative estimate of drug-likeness (QED) is 0.628. The van der Waals surface area contributed by atoms with E-state index in [0.717, 1.165) is 16.3 Å². The minimum absolute atomic E-state index is 0.0325. The fourth-order valence-electron chi connectivity index (χ4n) is 2.63. The van der Waals surface area contributed by atoms with Crippen molar-refractivity contribution in [3.63, 3.8) is 0 Å². The van der Waals surface area contributed by atoms with Crippen molar-refractivity contribution in [3.8, 4) is 0 Å². The Kier molecular flexibility index (Phi) is 8.03. The Hall–Kier alpha value is -1.90. The highest BCUT2D eigenvalue weighted by Gasteiger charge is 2.18. The Balaban J connectivity index is 1.97. The van der Waals surface area contributed by atoms with Crippen molar-refractivity contribution < 1.29 is 13.2 Å². The average Bonchev–Trinajstić information content (AvgIpc) is 2.66. The van der Waals surface area contributed by atoms with Crippen molar-refractivity contribution in [1.82, 2.24) is 14.6 Å². The zero-order chi connectivity index (χ0) is 20.7. The third-order valence-electron chi connectivity index (χ3n) is 4.08. The van der Waals surface area contributed by atoms with Gasteiger partial charge < -0.3 is 5.32 Å². The number of carbonyl (C=O) groups is 1. The molecule has 152 valence electrons. The number of rotatable bonds is 9. The van der Waals surface area contributed by atoms with Gasteiger partial charge in [0.25, 0.3) is 0 Å². The van der Waals surface area contributed by atoms with Crippen LogP contribution in [-0.4, -0.2) is 43.5 Å². The summed E-state index contributed by atoms with van der Waals surface area (Å²) in [5.74, 6) is 0.589. The number of hydrogen-bond acceptors (Lipinski definition) is 5. The number of amides is 1. The van der Waals surface area contributed by atoms with Crippen LogP contribution >= 0.6 is 11.8 Å². The highest BCUT2D eigenvalue weighted by Crippen LogP contribution is 2.22. The van der Waals surface area contributed by atoms with Gasteiger partial charge in [-0.15, -0.1) is 0 Å². The van der Waals surface area contributed by atoms with Gasteiger partial charge >= 0.3 is 0 Å². The Labute approximate surface area is 171 Å². The largest absolute Gasteiger partial charge is 0.349 e. The second kappa shape index (κ2) is 10.0. The lowest BCUT2D eigenvalue weighted by molar-refractivity contribution is -0.119. The average molecular weight is 422 g/mol. The molecule has 1 N–H and O–H groups in total. The zero-order valence-electron chi connectivity index (χ0n) is 16.6. The Morgan fingerprint density at radius 2 is 1.82 bits per heavy atom. The molecule has 2 rings (SSSR count). The SMILES string of the molecule is CC(C)C[C@H](NC(=O)CSc1ccc(S(=O)(=O)N(C)C)cn1)c1ccccc1. The molecule has 0 aliphatic rings. The standard InChI is InChI=1S/C20H27N3O3S2/c1-15(2)12-18(16-8-6-5-7-9-16)22-19(24)14-27-20-11-10-17(13-21-20)28(25,26)23(3)4/h5-11,13,15,18H,12,14H2,1-4H3,(H,22,24)/t18-/m0/s1. The van der Waals surface area contributed by atoms with E-state index < -0.39 is 10.0 Å². The number of sulfonamides is 1. The van der Waals surface area contributed by atoms with Crippen LogP contribution < -0.4 is 5.32 Å². The molecule has 6 nitrogen and oxygen atoms in total. The minimum atomic E-state index is -3.50. The molecule has 0 aliphatic heterocycles. The Bertz CT molecular complexity index is 867. The molecule has 8 heteroatoms. The number of nitrogens with one attached hydrogen (secondary N) is 1. The van der Waals surface area contributed by atoms with Crippen LogP contribution in [0.15, 0.2) is 58.6 Å². The molecule has 0 unspecified atom stereocenters. The van der Waals surface area contributed by atoms with Gasteiger partial charge in [0.05, 0.1) is 16.8 Å². The summed E-state index contributed by atoms with van der Waals surface area (Å²) in [6, 6.07) is 13.0. The third-order valence-corrected chi connectivity index (χ3v) is 6.83. The first-order valence-electron chi connectivity index (χ1n) is 9.06. The molecule has 0 saturated heterocycles. The van der Waals surface area contributed by atoms with Crippen molar-refractivity contribution in [2.45, 2.75) is 36.2 Å². The van der Waals surface area contributed by atoms with Crippen molar-refractivity contribution >= 4 is 27.7 Å². The van der Waals surface area contributed by atoms with Gasteiger partial charge in [0.1, 0.15) is 4.90 Å². The molecular formula is C20H27N3O3S2. The molecular weight excluding hydrogens is 394 g/mol. The third kappa shape index (κ3) is 6.32. The fourth-order valence-corrected chi connectivity index (χ4v) is 4.13. The first-order valence-corrected chi connectivity index (χ1v) is 11.5. The summed E-state index contributed by atoms with van der Waals surface area (Å²) in [5.41, 5.74) is 1.09. The Morgan fingerprint density at radius 1 is 1.14 bits per heavy atom. The second-order valence-electron chi connectivity index (χ2n) is 7.07. The first-order chi connectivity index (χ1) is 13.2. The first kappa shape index (κ1) is 22.4. The number of thioether (sulfide) groups is 1. The minimum Gasteiger partial charge on any atom is -0.349 e. The predicted molar refractivity (Wildman–Crippen MR) is 113 cm³/mol. The van der Waals surface area contributed by atoms with Crippen LogP contribution in [0.25, 0.3) is 0 Å². The summed E-state index contributed by atoms with van der Waals surface area (Å²) in [4.78, 5) is 16.7. The molecule has 28 heavy (non-hydrogen) atoms. The molecule has 0 bridgehead atoms. The predicted octanol–water partition coefficient (Wildman–Crippen LogP) is 3.33. The molecule has 1 atom stereocenters. The monoisotopic (exact) mass is 421 g/mol. The molecule has 0 radical (unpaired) electrons. The topological polar surface area (TPSA) is 79.4 Å². The molecule has 0 saturated carbocycles. The van der Waals surface area contributed by atoms with Crippen molar-refractivity contribution in [2.24, 2.45) is 5.92 Å². The van der Waals surface area contributed by atoms with Gasteiger partial charge in [0, 0.05) is 20.3 Å². The maximum absolute atomic E-state index is 12.4. The second-order valence-corrected chi connectivity index (χ2v) is 10.2. The number of hydrogen-bond donors (Lipinski definition) is 1. The van der Waals surface area contributed by atoms with Crippen LogP contribution in [0.4, 0.5) is 0 Å². The molecule has 0 spiro atoms. The van der Waals surface area contributed by atoms with E-state index in [2.05, 4.69) is 24.1 Å². The van der Waals surface area contributed by atoms with Crippen LogP contribution in [0.2, 0.25) is 0 Å². The van der Waals surface area contributed by atoms with E-state index in [1.165, 1.54) is 38.1 Å². The maximum Gasteiger partial charge on any atom is 0.244 e. The molecule has 1 amide bonds. The molecule has 1 aromatic carbocycles. The Morgan fingerprint density at radius 3 is 2.36 bits per heavy atom. The highest BCUT2D eigenvalue weighted by molar-refractivity contribution is 7.99. The van der Waals surface area contributed by atoms with Crippen LogP contribution in [-0.2, 0) is 14.8 Å². The van der Waals surface area contributed by atoms with E-state index >= 15 is 0 Å². The summed E-state index contributed by atoms with van der Waals surface area (Å²) in [6.07, 6.45) is 2.18. The van der Waals surface area contributed by atoms with Crippen LogP contribution in [0.5, 0.6) is 0 Å². The van der Waals surface area contributed by atoms with Gasteiger partial charge in [-0.25, -0.2) is 17.7 Å². The van der Waals surface area contributed by atoms with Gasteiger partial charge in [-0.2, -0.15) is 0 Å². The highest BCUT2D eigenvalue weighted by atomic mass is 32.2. The number of aromatic nitrogens is 1. The summed E-state index contributed by atoms with van der Waals surface area (Å²) in [6.45, 7) is 4.26. The van der Waals surface area contributed by atoms with E-state index in [0.29, 0.717) is 10.9 Å². The molecule has 0 fully saturated rings. The molecule has 1 aromatic heterocycles. The van der Waals surface area contributed by atoms with E-state index in [9.17, 15) is 13.2 Å². The smallest absolute Gasteiger partial charge is 0.244 e. The summed E-state index contributed by atoms with van der Waals surface area (Å²) in [5, 5.41) is 3.70. The van der Waals surface area contributed by atoms with Crippen LogP contribution in [0.3, 0.4) is 0 Å². The molecule has 0 aliphatic carbocycles. The number of nitrogens with zero attached hydrogens (tertiary/aromatic N) is 2. The summed E-state index contributed by atoms with van der Waals surface area (Å²) in [7, 11) is -0.551. The van der Waals surface area contributed by atoms with Crippen LogP contribution in [0, 0.1) is 5.92 Å². The van der Waals surface area contributed by atoms with Crippen molar-refractivity contribution in [2.75, 3.05) is 19.8 Å². The number of carbonyl (C=O) groups excluding carboxylic acids is 1. The van der Waals surface area contributed by atoms with Gasteiger partial charge in [0.2, 0.25) is 15.9 Å². The lowest BCUT2D eigenvalue weighted by Gasteiger charge is -2.21. The van der Waals surface area contributed by atoms with Crippen LogP contribution in [0.1, 0.15) is 31.9 Å². The fraction of sp³-hybridized carbons (Fsp3) is 0.400.